The third-order valence-electron chi connectivity index (χ3n) is 5.55. The van der Waals surface area contributed by atoms with E-state index in [1.54, 1.807) is 0 Å². The monoisotopic (exact) mass is 504 g/mol. The smallest absolute Gasteiger partial charge is 0.191 e. The van der Waals surface area contributed by atoms with Crippen LogP contribution in [0.4, 0.5) is 10.1 Å². The maximum absolute atomic E-state index is 13.1. The fraction of sp³-hybridized carbons (Fsp3) is 0.650. The van der Waals surface area contributed by atoms with Gasteiger partial charge in [0.15, 0.2) is 5.96 Å². The first-order valence-corrected chi connectivity index (χ1v) is 10.1. The molecule has 0 bridgehead atoms. The highest BCUT2D eigenvalue weighted by Crippen LogP contribution is 2.16. The van der Waals surface area contributed by atoms with E-state index in [1.165, 1.54) is 51.3 Å². The molecule has 1 aromatic carbocycles. The van der Waals surface area contributed by atoms with Crippen LogP contribution >= 0.6 is 24.0 Å². The van der Waals surface area contributed by atoms with E-state index in [4.69, 9.17) is 5.73 Å². The first-order valence-electron chi connectivity index (χ1n) is 10.1. The Kier molecular flexibility index (Phi) is 9.73. The van der Waals surface area contributed by atoms with E-state index >= 15 is 0 Å². The SMILES string of the molecule is CN1CCN(CCCCN=C(N)N2CCN(c3ccc(F)cc3)CC2)CC1.I. The van der Waals surface area contributed by atoms with Crippen LogP contribution in [-0.2, 0) is 0 Å². The van der Waals surface area contributed by atoms with E-state index in [0.717, 1.165) is 44.8 Å². The Bertz CT molecular complexity index is 595. The van der Waals surface area contributed by atoms with Gasteiger partial charge in [-0.1, -0.05) is 0 Å². The molecule has 2 saturated heterocycles. The third-order valence-corrected chi connectivity index (χ3v) is 5.55. The molecule has 0 amide bonds. The van der Waals surface area contributed by atoms with Gasteiger partial charge >= 0.3 is 0 Å². The number of guanidine groups is 1. The van der Waals surface area contributed by atoms with Gasteiger partial charge < -0.3 is 25.3 Å². The highest BCUT2D eigenvalue weighted by molar-refractivity contribution is 14.0. The zero-order chi connectivity index (χ0) is 19.1. The molecule has 1 aromatic rings. The number of nitrogens with two attached hydrogens (primary N) is 1. The number of halogens is 2. The second-order valence-electron chi connectivity index (χ2n) is 7.54. The molecule has 6 nitrogen and oxygen atoms in total. The Morgan fingerprint density at radius 2 is 1.61 bits per heavy atom. The van der Waals surface area contributed by atoms with Gasteiger partial charge in [-0.2, -0.15) is 0 Å². The fourth-order valence-electron chi connectivity index (χ4n) is 3.66. The van der Waals surface area contributed by atoms with Gasteiger partial charge in [0, 0.05) is 64.6 Å². The summed E-state index contributed by atoms with van der Waals surface area (Å²) in [6, 6.07) is 6.70. The van der Waals surface area contributed by atoms with E-state index in [2.05, 4.69) is 31.6 Å². The highest BCUT2D eigenvalue weighted by atomic mass is 127. The molecule has 2 aliphatic rings. The van der Waals surface area contributed by atoms with Crippen molar-refractivity contribution >= 4 is 35.6 Å². The number of hydrogen-bond acceptors (Lipinski definition) is 4. The number of nitrogens with zero attached hydrogens (tertiary/aromatic N) is 5. The molecule has 2 N–H and O–H groups in total. The van der Waals surface area contributed by atoms with Gasteiger partial charge in [0.1, 0.15) is 5.82 Å². The van der Waals surface area contributed by atoms with Crippen molar-refractivity contribution in [3.05, 3.63) is 30.1 Å². The third kappa shape index (κ3) is 7.04. The molecule has 0 radical (unpaired) electrons. The van der Waals surface area contributed by atoms with Crippen LogP contribution in [0.2, 0.25) is 0 Å². The summed E-state index contributed by atoms with van der Waals surface area (Å²) in [7, 11) is 2.19. The summed E-state index contributed by atoms with van der Waals surface area (Å²) in [4.78, 5) is 13.9. The lowest BCUT2D eigenvalue weighted by Gasteiger charge is -2.36. The van der Waals surface area contributed by atoms with E-state index in [0.29, 0.717) is 5.96 Å². The first-order chi connectivity index (χ1) is 13.1. The van der Waals surface area contributed by atoms with E-state index in [-0.39, 0.29) is 29.8 Å². The minimum Gasteiger partial charge on any atom is -0.370 e. The maximum Gasteiger partial charge on any atom is 0.191 e. The summed E-state index contributed by atoms with van der Waals surface area (Å²) in [6.07, 6.45) is 2.27. The van der Waals surface area contributed by atoms with Gasteiger partial charge in [-0.05, 0) is 50.7 Å². The van der Waals surface area contributed by atoms with Crippen molar-refractivity contribution in [1.29, 1.82) is 0 Å². The van der Waals surface area contributed by atoms with Crippen LogP contribution in [0, 0.1) is 5.82 Å². The number of unbranched alkanes of at least 4 members (excludes halogenated alkanes) is 1. The summed E-state index contributed by atoms with van der Waals surface area (Å²) in [5, 5.41) is 0. The van der Waals surface area contributed by atoms with Crippen LogP contribution in [0.5, 0.6) is 0 Å². The lowest BCUT2D eigenvalue weighted by Crippen LogP contribution is -2.51. The van der Waals surface area contributed by atoms with Crippen LogP contribution in [0.25, 0.3) is 0 Å². The van der Waals surface area contributed by atoms with Gasteiger partial charge in [0.2, 0.25) is 0 Å². The topological polar surface area (TPSA) is 51.3 Å². The molecule has 2 heterocycles. The van der Waals surface area contributed by atoms with Crippen LogP contribution < -0.4 is 10.6 Å². The Morgan fingerprint density at radius 3 is 2.25 bits per heavy atom. The summed E-state index contributed by atoms with van der Waals surface area (Å²) in [5.74, 6) is 0.467. The number of likely N-dealkylation sites (N-methyl/N-ethyl adjacent to an activating group) is 1. The molecule has 2 fully saturated rings. The second kappa shape index (κ2) is 11.8. The summed E-state index contributed by atoms with van der Waals surface area (Å²) < 4.78 is 13.1. The van der Waals surface area contributed by atoms with Gasteiger partial charge in [-0.15, -0.1) is 24.0 Å². The van der Waals surface area contributed by atoms with E-state index in [1.807, 2.05) is 12.1 Å². The molecule has 28 heavy (non-hydrogen) atoms. The van der Waals surface area contributed by atoms with Crippen molar-refractivity contribution in [3.8, 4) is 0 Å². The Morgan fingerprint density at radius 1 is 0.964 bits per heavy atom. The zero-order valence-electron chi connectivity index (χ0n) is 16.9. The predicted molar refractivity (Wildman–Crippen MR) is 125 cm³/mol. The molecule has 0 saturated carbocycles. The lowest BCUT2D eigenvalue weighted by atomic mass is 10.2. The standard InChI is InChI=1S/C20H33FN6.HI/c1-24-10-12-25(13-11-24)9-3-2-8-23-20(22)27-16-14-26(15-17-27)19-6-4-18(21)5-7-19;/h4-7H,2-3,8-17H2,1H3,(H2,22,23);1H. The van der Waals surface area contributed by atoms with Gasteiger partial charge in [0.25, 0.3) is 0 Å². The van der Waals surface area contributed by atoms with Crippen LogP contribution in [0.3, 0.4) is 0 Å². The molecule has 0 unspecified atom stereocenters. The van der Waals surface area contributed by atoms with Crippen LogP contribution in [-0.4, -0.2) is 93.2 Å². The Labute approximate surface area is 185 Å². The average molecular weight is 504 g/mol. The van der Waals surface area contributed by atoms with E-state index in [9.17, 15) is 4.39 Å². The normalized spacial score (nSPS) is 19.6. The molecule has 2 aliphatic heterocycles. The van der Waals surface area contributed by atoms with Crippen molar-refractivity contribution in [3.63, 3.8) is 0 Å². The van der Waals surface area contributed by atoms with E-state index < -0.39 is 0 Å². The van der Waals surface area contributed by atoms with Gasteiger partial charge in [0.05, 0.1) is 0 Å². The second-order valence-corrected chi connectivity index (χ2v) is 7.54. The number of aliphatic imine (C=N–C) groups is 1. The molecule has 0 aliphatic carbocycles. The summed E-state index contributed by atoms with van der Waals surface area (Å²) in [5.41, 5.74) is 7.25. The molecule has 3 rings (SSSR count). The van der Waals surface area contributed by atoms with Gasteiger partial charge in [-0.3, -0.25) is 4.99 Å². The number of benzene rings is 1. The van der Waals surface area contributed by atoms with Gasteiger partial charge in [-0.25, -0.2) is 4.39 Å². The number of anilines is 1. The molecule has 8 heteroatoms. The fourth-order valence-corrected chi connectivity index (χ4v) is 3.66. The number of hydrogen-bond donors (Lipinski definition) is 1. The quantitative estimate of drug-likeness (QED) is 0.278. The average Bonchev–Trinajstić information content (AvgIpc) is 2.70. The summed E-state index contributed by atoms with van der Waals surface area (Å²) >= 11 is 0. The largest absolute Gasteiger partial charge is 0.370 e. The predicted octanol–water partition coefficient (Wildman–Crippen LogP) is 1.91. The van der Waals surface area contributed by atoms with Crippen molar-refractivity contribution in [2.75, 3.05) is 77.4 Å². The van der Waals surface area contributed by atoms with Crippen LogP contribution in [0.1, 0.15) is 12.8 Å². The maximum atomic E-state index is 13.1. The molecule has 0 aromatic heterocycles. The zero-order valence-corrected chi connectivity index (χ0v) is 19.2. The first kappa shape index (κ1) is 23.2. The summed E-state index contributed by atoms with van der Waals surface area (Å²) in [6.45, 7) is 10.2. The molecule has 0 atom stereocenters. The van der Waals surface area contributed by atoms with Crippen molar-refractivity contribution in [2.24, 2.45) is 10.7 Å². The van der Waals surface area contributed by atoms with Crippen LogP contribution in [0.15, 0.2) is 29.3 Å². The Hall–Kier alpha value is -1.13. The van der Waals surface area contributed by atoms with Crippen molar-refractivity contribution in [2.45, 2.75) is 12.8 Å². The van der Waals surface area contributed by atoms with Crippen molar-refractivity contribution < 1.29 is 4.39 Å². The molecule has 158 valence electrons. The molecule has 0 spiro atoms. The number of rotatable bonds is 6. The minimum absolute atomic E-state index is 0. The molecular formula is C20H34FIN6. The molecular weight excluding hydrogens is 470 g/mol. The Balaban J connectivity index is 0.00000280. The highest BCUT2D eigenvalue weighted by Gasteiger charge is 2.18. The van der Waals surface area contributed by atoms with Crippen molar-refractivity contribution in [1.82, 2.24) is 14.7 Å². The minimum atomic E-state index is -0.193. The lowest BCUT2D eigenvalue weighted by molar-refractivity contribution is 0.152. The number of piperazine rings is 2.